The fourth-order valence-electron chi connectivity index (χ4n) is 2.13. The van der Waals surface area contributed by atoms with Gasteiger partial charge in [0.15, 0.2) is 0 Å². The van der Waals surface area contributed by atoms with Crippen molar-refractivity contribution in [2.24, 2.45) is 0 Å². The smallest absolute Gasteiger partial charge is 0.126 e. The second kappa shape index (κ2) is 8.61. The monoisotopic (exact) mass is 370 g/mol. The Bertz CT molecular complexity index is 608. The van der Waals surface area contributed by atoms with Gasteiger partial charge in [-0.25, -0.2) is 0 Å². The zero-order chi connectivity index (χ0) is 17.7. The Balaban J connectivity index is 2.25. The van der Waals surface area contributed by atoms with Crippen LogP contribution in [0.2, 0.25) is 0 Å². The second-order valence-electron chi connectivity index (χ2n) is 4.98. The molecular weight excluding hydrogens is 352 g/mol. The summed E-state index contributed by atoms with van der Waals surface area (Å²) in [4.78, 5) is 1.44. The Labute approximate surface area is 146 Å². The van der Waals surface area contributed by atoms with Crippen LogP contribution in [0.5, 0.6) is 11.5 Å². The molecule has 0 aliphatic heterocycles. The quantitative estimate of drug-likeness (QED) is 0.409. The highest BCUT2D eigenvalue weighted by molar-refractivity contribution is 8.76. The molecule has 0 heterocycles. The van der Waals surface area contributed by atoms with Crippen molar-refractivity contribution in [3.63, 3.8) is 0 Å². The summed E-state index contributed by atoms with van der Waals surface area (Å²) in [6.07, 6.45) is 0. The summed E-state index contributed by atoms with van der Waals surface area (Å²) in [7, 11) is 2.65. The standard InChI is InChI=1S/C16H18O6S2/c17-5-9-1-13(2-10(6-18)15(9)21)23-24-14-3-11(7-19)16(22)12(4-14)8-20/h1-4,17-22H,5-8H2. The highest BCUT2D eigenvalue weighted by atomic mass is 33.1. The van der Waals surface area contributed by atoms with Crippen LogP contribution in [0.3, 0.4) is 0 Å². The third-order valence-electron chi connectivity index (χ3n) is 3.40. The third-order valence-corrected chi connectivity index (χ3v) is 5.74. The molecule has 0 atom stereocenters. The van der Waals surface area contributed by atoms with E-state index >= 15 is 0 Å². The van der Waals surface area contributed by atoms with Gasteiger partial charge in [0.2, 0.25) is 0 Å². The molecule has 0 saturated carbocycles. The number of rotatable bonds is 7. The second-order valence-corrected chi connectivity index (χ2v) is 7.26. The van der Waals surface area contributed by atoms with Gasteiger partial charge in [-0.15, -0.1) is 0 Å². The molecule has 24 heavy (non-hydrogen) atoms. The summed E-state index contributed by atoms with van der Waals surface area (Å²) < 4.78 is 0. The molecule has 0 amide bonds. The molecule has 0 aromatic heterocycles. The lowest BCUT2D eigenvalue weighted by atomic mass is 10.1. The number of aliphatic hydroxyl groups is 4. The van der Waals surface area contributed by atoms with Gasteiger partial charge in [-0.05, 0) is 24.3 Å². The van der Waals surface area contributed by atoms with Gasteiger partial charge in [0.1, 0.15) is 11.5 Å². The van der Waals surface area contributed by atoms with Crippen LogP contribution < -0.4 is 0 Å². The molecule has 6 N–H and O–H groups in total. The molecule has 0 saturated heterocycles. The van der Waals surface area contributed by atoms with Crippen molar-refractivity contribution < 1.29 is 30.6 Å². The molecule has 130 valence electrons. The van der Waals surface area contributed by atoms with Crippen LogP contribution in [0.15, 0.2) is 34.1 Å². The lowest BCUT2D eigenvalue weighted by molar-refractivity contribution is 0.262. The number of hydrogen-bond donors (Lipinski definition) is 6. The molecular formula is C16H18O6S2. The van der Waals surface area contributed by atoms with E-state index in [0.29, 0.717) is 22.3 Å². The molecule has 0 unspecified atom stereocenters. The minimum absolute atomic E-state index is 0.121. The SMILES string of the molecule is OCc1cc(SSc2cc(CO)c(O)c(CO)c2)cc(CO)c1O. The van der Waals surface area contributed by atoms with Gasteiger partial charge < -0.3 is 30.6 Å². The van der Waals surface area contributed by atoms with E-state index in [4.69, 9.17) is 0 Å². The first-order chi connectivity index (χ1) is 11.5. The first-order valence-corrected chi connectivity index (χ1v) is 9.16. The summed E-state index contributed by atoms with van der Waals surface area (Å²) in [5, 5.41) is 56.8. The van der Waals surface area contributed by atoms with Crippen molar-refractivity contribution in [1.82, 2.24) is 0 Å². The summed E-state index contributed by atoms with van der Waals surface area (Å²) in [5.74, 6) is -0.242. The Morgan fingerprint density at radius 2 is 0.792 bits per heavy atom. The Morgan fingerprint density at radius 1 is 0.542 bits per heavy atom. The minimum Gasteiger partial charge on any atom is -0.507 e. The van der Waals surface area contributed by atoms with E-state index < -0.39 is 0 Å². The Morgan fingerprint density at radius 3 is 1.00 bits per heavy atom. The molecule has 2 rings (SSSR count). The van der Waals surface area contributed by atoms with Gasteiger partial charge in [-0.2, -0.15) is 0 Å². The molecule has 0 bridgehead atoms. The van der Waals surface area contributed by atoms with Crippen molar-refractivity contribution >= 4 is 21.6 Å². The van der Waals surface area contributed by atoms with Crippen LogP contribution in [0.1, 0.15) is 22.3 Å². The Kier molecular flexibility index (Phi) is 6.79. The van der Waals surface area contributed by atoms with Crippen LogP contribution in [-0.4, -0.2) is 30.6 Å². The maximum atomic E-state index is 9.85. The average Bonchev–Trinajstić information content (AvgIpc) is 2.61. The van der Waals surface area contributed by atoms with E-state index in [-0.39, 0.29) is 37.9 Å². The number of aliphatic hydroxyl groups excluding tert-OH is 4. The van der Waals surface area contributed by atoms with E-state index in [9.17, 15) is 30.6 Å². The fraction of sp³-hybridized carbons (Fsp3) is 0.250. The van der Waals surface area contributed by atoms with Crippen LogP contribution >= 0.6 is 21.6 Å². The predicted molar refractivity (Wildman–Crippen MR) is 91.6 cm³/mol. The van der Waals surface area contributed by atoms with E-state index in [1.807, 2.05) is 0 Å². The number of hydrogen-bond acceptors (Lipinski definition) is 8. The van der Waals surface area contributed by atoms with Crippen molar-refractivity contribution in [3.05, 3.63) is 46.5 Å². The normalized spacial score (nSPS) is 11.0. The molecule has 0 spiro atoms. The highest BCUT2D eigenvalue weighted by Gasteiger charge is 2.12. The third kappa shape index (κ3) is 4.15. The topological polar surface area (TPSA) is 121 Å². The summed E-state index contributed by atoms with van der Waals surface area (Å²) >= 11 is 0. The lowest BCUT2D eigenvalue weighted by Gasteiger charge is -2.11. The highest BCUT2D eigenvalue weighted by Crippen LogP contribution is 2.42. The molecule has 6 nitrogen and oxygen atoms in total. The molecule has 0 aliphatic rings. The van der Waals surface area contributed by atoms with E-state index in [2.05, 4.69) is 0 Å². The molecule has 2 aromatic carbocycles. The van der Waals surface area contributed by atoms with Gasteiger partial charge in [0, 0.05) is 32.0 Å². The summed E-state index contributed by atoms with van der Waals surface area (Å²) in [6, 6.07) is 6.47. The van der Waals surface area contributed by atoms with Crippen molar-refractivity contribution in [2.45, 2.75) is 36.2 Å². The molecule has 8 heteroatoms. The molecule has 0 fully saturated rings. The van der Waals surface area contributed by atoms with Crippen LogP contribution in [0.25, 0.3) is 0 Å². The van der Waals surface area contributed by atoms with Crippen molar-refractivity contribution in [1.29, 1.82) is 0 Å². The number of phenols is 2. The van der Waals surface area contributed by atoms with Crippen molar-refractivity contribution in [3.8, 4) is 11.5 Å². The average molecular weight is 370 g/mol. The van der Waals surface area contributed by atoms with Gasteiger partial charge in [-0.3, -0.25) is 0 Å². The first kappa shape index (κ1) is 18.9. The van der Waals surface area contributed by atoms with Crippen LogP contribution in [0.4, 0.5) is 0 Å². The zero-order valence-electron chi connectivity index (χ0n) is 12.6. The van der Waals surface area contributed by atoms with Gasteiger partial charge in [0.25, 0.3) is 0 Å². The van der Waals surface area contributed by atoms with Crippen LogP contribution in [-0.2, 0) is 26.4 Å². The Hall–Kier alpha value is -1.42. The number of benzene rings is 2. The van der Waals surface area contributed by atoms with E-state index in [1.54, 1.807) is 24.3 Å². The first-order valence-electron chi connectivity index (χ1n) is 7.01. The number of aromatic hydroxyl groups is 2. The molecule has 0 aliphatic carbocycles. The van der Waals surface area contributed by atoms with Crippen LogP contribution in [0, 0.1) is 0 Å². The van der Waals surface area contributed by atoms with E-state index in [1.165, 1.54) is 21.6 Å². The largest absolute Gasteiger partial charge is 0.507 e. The van der Waals surface area contributed by atoms with Gasteiger partial charge >= 0.3 is 0 Å². The molecule has 0 radical (unpaired) electrons. The van der Waals surface area contributed by atoms with E-state index in [0.717, 1.165) is 9.79 Å². The maximum absolute atomic E-state index is 9.85. The van der Waals surface area contributed by atoms with Gasteiger partial charge in [0.05, 0.1) is 26.4 Å². The molecule has 2 aromatic rings. The van der Waals surface area contributed by atoms with Gasteiger partial charge in [-0.1, -0.05) is 21.6 Å². The zero-order valence-corrected chi connectivity index (χ0v) is 14.3. The maximum Gasteiger partial charge on any atom is 0.126 e. The minimum atomic E-state index is -0.347. The van der Waals surface area contributed by atoms with Crippen molar-refractivity contribution in [2.75, 3.05) is 0 Å². The lowest BCUT2D eigenvalue weighted by Crippen LogP contribution is -1.93. The predicted octanol–water partition coefficient (Wildman–Crippen LogP) is 1.87. The fourth-order valence-corrected chi connectivity index (χ4v) is 4.24. The summed E-state index contributed by atoms with van der Waals surface area (Å²) in [5.41, 5.74) is 1.29. The summed E-state index contributed by atoms with van der Waals surface area (Å²) in [6.45, 7) is -1.39.